The highest BCUT2D eigenvalue weighted by Gasteiger charge is 2.19. The quantitative estimate of drug-likeness (QED) is 0.0261. The van der Waals surface area contributed by atoms with E-state index in [1.54, 1.807) is 0 Å². The summed E-state index contributed by atoms with van der Waals surface area (Å²) >= 11 is 0. The van der Waals surface area contributed by atoms with Crippen molar-refractivity contribution in [1.82, 2.24) is 0 Å². The number of unbranched alkanes of at least 4 members (excludes halogenated alkanes) is 13. The Hall–Kier alpha value is -5.23. The molecule has 1 atom stereocenters. The van der Waals surface area contributed by atoms with E-state index < -0.39 is 6.10 Å². The second-order valence-electron chi connectivity index (χ2n) is 19.1. The number of rotatable bonds is 52. The maximum absolute atomic E-state index is 12.9. The summed E-state index contributed by atoms with van der Waals surface area (Å²) in [4.78, 5) is 38.2. The highest BCUT2D eigenvalue weighted by Crippen LogP contribution is 2.12. The van der Waals surface area contributed by atoms with Crippen LogP contribution in [0.15, 0.2) is 170 Å². The molecule has 424 valence electrons. The predicted molar refractivity (Wildman–Crippen MR) is 329 cm³/mol. The third-order valence-corrected chi connectivity index (χ3v) is 11.9. The van der Waals surface area contributed by atoms with E-state index in [2.05, 4.69) is 191 Å². The topological polar surface area (TPSA) is 78.9 Å². The number of carbonyl (C=O) groups excluding carboxylic acids is 3. The summed E-state index contributed by atoms with van der Waals surface area (Å²) < 4.78 is 16.8. The second kappa shape index (κ2) is 62.3. The van der Waals surface area contributed by atoms with Gasteiger partial charge in [-0.05, 0) is 154 Å². The fraction of sp³-hybridized carbons (Fsp3) is 0.557. The molecule has 0 saturated carbocycles. The molecule has 6 nitrogen and oxygen atoms in total. The van der Waals surface area contributed by atoms with Gasteiger partial charge in [-0.1, -0.05) is 229 Å². The van der Waals surface area contributed by atoms with Gasteiger partial charge in [0.15, 0.2) is 6.10 Å². The molecule has 0 spiro atoms. The lowest BCUT2D eigenvalue weighted by Gasteiger charge is -2.18. The molecule has 6 heteroatoms. The van der Waals surface area contributed by atoms with Gasteiger partial charge in [-0.25, -0.2) is 0 Å². The molecule has 0 aromatic carbocycles. The monoisotopic (exact) mass is 1040 g/mol. The third-order valence-electron chi connectivity index (χ3n) is 11.9. The van der Waals surface area contributed by atoms with Crippen LogP contribution in [0.5, 0.6) is 0 Å². The van der Waals surface area contributed by atoms with Gasteiger partial charge in [0.2, 0.25) is 0 Å². The standard InChI is InChI=1S/C70H108O6/c1-4-7-10-13-16-19-22-25-28-30-31-32-33-34-35-36-37-38-39-40-43-45-48-51-54-57-60-63-69(72)75-66-67(65-74-68(71)62-59-56-53-50-47-44-41-27-24-21-18-15-12-9-6-3)76-70(73)64-61-58-55-52-49-46-42-29-26-23-20-17-14-11-8-5-2/h7,9-10,12,16,18-21,23,25,27-29,31-32,34-35,37-38,40-43,47-48,50-51,67H,4-6,8,11,13-15,17,22,24,26,30,33,36,39,44-46,49,52-66H2,1-3H3/b10-7-,12-9-,19-16-,21-18-,23-20-,28-25-,32-31-,35-34-,38-37-,41-27-,42-29-,43-40-,50-47-,51-48-. The lowest BCUT2D eigenvalue weighted by Crippen LogP contribution is -2.30. The van der Waals surface area contributed by atoms with E-state index in [1.165, 1.54) is 32.1 Å². The zero-order valence-electron chi connectivity index (χ0n) is 48.4. The van der Waals surface area contributed by atoms with E-state index in [-0.39, 0.29) is 50.4 Å². The maximum atomic E-state index is 12.9. The van der Waals surface area contributed by atoms with Crippen LogP contribution in [-0.4, -0.2) is 37.2 Å². The van der Waals surface area contributed by atoms with Crippen molar-refractivity contribution in [3.8, 4) is 0 Å². The van der Waals surface area contributed by atoms with E-state index in [1.807, 2.05) is 0 Å². The summed E-state index contributed by atoms with van der Waals surface area (Å²) in [5.41, 5.74) is 0. The largest absolute Gasteiger partial charge is 0.462 e. The van der Waals surface area contributed by atoms with Crippen molar-refractivity contribution in [2.24, 2.45) is 0 Å². The Morgan fingerprint density at radius 3 is 0.829 bits per heavy atom. The van der Waals surface area contributed by atoms with Crippen molar-refractivity contribution in [3.05, 3.63) is 170 Å². The maximum Gasteiger partial charge on any atom is 0.306 e. The minimum Gasteiger partial charge on any atom is -0.462 e. The van der Waals surface area contributed by atoms with Gasteiger partial charge in [0.1, 0.15) is 13.2 Å². The average molecular weight is 1050 g/mol. The number of ether oxygens (including phenoxy) is 3. The molecule has 0 aromatic heterocycles. The van der Waals surface area contributed by atoms with Gasteiger partial charge in [0.05, 0.1) is 0 Å². The normalized spacial score (nSPS) is 13.4. The van der Waals surface area contributed by atoms with Crippen molar-refractivity contribution in [3.63, 3.8) is 0 Å². The summed E-state index contributed by atoms with van der Waals surface area (Å²) in [6.45, 7) is 6.29. The zero-order chi connectivity index (χ0) is 55.0. The van der Waals surface area contributed by atoms with E-state index in [4.69, 9.17) is 14.2 Å². The minimum atomic E-state index is -0.831. The van der Waals surface area contributed by atoms with Crippen LogP contribution in [0.4, 0.5) is 0 Å². The lowest BCUT2D eigenvalue weighted by atomic mass is 10.1. The van der Waals surface area contributed by atoms with Crippen LogP contribution in [0.2, 0.25) is 0 Å². The van der Waals surface area contributed by atoms with E-state index in [0.717, 1.165) is 148 Å². The van der Waals surface area contributed by atoms with Crippen molar-refractivity contribution < 1.29 is 28.6 Å². The molecule has 0 radical (unpaired) electrons. The van der Waals surface area contributed by atoms with Crippen LogP contribution < -0.4 is 0 Å². The molecule has 0 aromatic rings. The van der Waals surface area contributed by atoms with Crippen LogP contribution in [0.1, 0.15) is 233 Å². The minimum absolute atomic E-state index is 0.127. The Balaban J connectivity index is 4.53. The van der Waals surface area contributed by atoms with E-state index >= 15 is 0 Å². The summed E-state index contributed by atoms with van der Waals surface area (Å²) in [5.74, 6) is -1.03. The molecular formula is C70H108O6. The van der Waals surface area contributed by atoms with Crippen LogP contribution in [0.3, 0.4) is 0 Å². The zero-order valence-corrected chi connectivity index (χ0v) is 48.4. The van der Waals surface area contributed by atoms with Gasteiger partial charge in [0, 0.05) is 19.3 Å². The molecule has 76 heavy (non-hydrogen) atoms. The smallest absolute Gasteiger partial charge is 0.306 e. The van der Waals surface area contributed by atoms with Crippen molar-refractivity contribution in [2.75, 3.05) is 13.2 Å². The molecule has 0 bridgehead atoms. The number of allylic oxidation sites excluding steroid dienone is 28. The van der Waals surface area contributed by atoms with Crippen LogP contribution in [0, 0.1) is 0 Å². The molecule has 0 amide bonds. The molecule has 0 aliphatic heterocycles. The average Bonchev–Trinajstić information content (AvgIpc) is 3.42. The second-order valence-corrected chi connectivity index (χ2v) is 19.1. The molecule has 0 aliphatic rings. The summed E-state index contributed by atoms with van der Waals surface area (Å²) in [7, 11) is 0. The first-order chi connectivity index (χ1) is 37.5. The molecular weight excluding hydrogens is 937 g/mol. The number of carbonyl (C=O) groups is 3. The predicted octanol–water partition coefficient (Wildman–Crippen LogP) is 20.7. The summed E-state index contributed by atoms with van der Waals surface area (Å²) in [6.07, 6.45) is 92.1. The first-order valence-electron chi connectivity index (χ1n) is 30.1. The Kier molecular flexibility index (Phi) is 58.0. The van der Waals surface area contributed by atoms with Crippen molar-refractivity contribution >= 4 is 17.9 Å². The van der Waals surface area contributed by atoms with Crippen LogP contribution >= 0.6 is 0 Å². The van der Waals surface area contributed by atoms with Crippen LogP contribution in [0.25, 0.3) is 0 Å². The molecule has 0 saturated heterocycles. The fourth-order valence-electron chi connectivity index (χ4n) is 7.48. The number of hydrogen-bond donors (Lipinski definition) is 0. The molecule has 0 N–H and O–H groups in total. The Labute approximate surface area is 466 Å². The third kappa shape index (κ3) is 59.6. The SMILES string of the molecule is CC/C=C\C/C=C\C/C=C\C/C=C\C/C=C\C/C=C\C/C=C\C/C=C\CCCCC(=O)OCC(COC(=O)CCCC/C=C\C/C=C\C/C=C\C/C=C\CC)OC(=O)CCCCCCC/C=C\C/C=C\CCCCCC. The highest BCUT2D eigenvalue weighted by atomic mass is 16.6. The van der Waals surface area contributed by atoms with Crippen molar-refractivity contribution in [2.45, 2.75) is 239 Å². The first kappa shape index (κ1) is 70.8. The fourth-order valence-corrected chi connectivity index (χ4v) is 7.48. The Bertz CT molecular complexity index is 1770. The van der Waals surface area contributed by atoms with Gasteiger partial charge in [-0.3, -0.25) is 14.4 Å². The van der Waals surface area contributed by atoms with Crippen molar-refractivity contribution in [1.29, 1.82) is 0 Å². The Morgan fingerprint density at radius 1 is 0.276 bits per heavy atom. The molecule has 0 aliphatic carbocycles. The van der Waals surface area contributed by atoms with Gasteiger partial charge in [0.25, 0.3) is 0 Å². The number of esters is 3. The van der Waals surface area contributed by atoms with Gasteiger partial charge >= 0.3 is 17.9 Å². The lowest BCUT2D eigenvalue weighted by molar-refractivity contribution is -0.167. The summed E-state index contributed by atoms with van der Waals surface area (Å²) in [6, 6.07) is 0. The van der Waals surface area contributed by atoms with E-state index in [9.17, 15) is 14.4 Å². The highest BCUT2D eigenvalue weighted by molar-refractivity contribution is 5.71. The van der Waals surface area contributed by atoms with E-state index in [0.29, 0.717) is 12.8 Å². The molecule has 0 rings (SSSR count). The summed E-state index contributed by atoms with van der Waals surface area (Å²) in [5, 5.41) is 0. The Morgan fingerprint density at radius 2 is 0.513 bits per heavy atom. The molecule has 0 heterocycles. The number of hydrogen-bond acceptors (Lipinski definition) is 6. The first-order valence-corrected chi connectivity index (χ1v) is 30.1. The van der Waals surface area contributed by atoms with Crippen LogP contribution in [-0.2, 0) is 28.6 Å². The van der Waals surface area contributed by atoms with Gasteiger partial charge in [-0.2, -0.15) is 0 Å². The molecule has 1 unspecified atom stereocenters. The molecule has 0 fully saturated rings. The van der Waals surface area contributed by atoms with Gasteiger partial charge in [-0.15, -0.1) is 0 Å². The van der Waals surface area contributed by atoms with Gasteiger partial charge < -0.3 is 14.2 Å².